The Balaban J connectivity index is 2.71. The van der Waals surface area contributed by atoms with Crippen molar-refractivity contribution < 1.29 is 13.9 Å². The van der Waals surface area contributed by atoms with E-state index in [1.54, 1.807) is 13.2 Å². The number of ether oxygens (including phenoxy) is 2. The van der Waals surface area contributed by atoms with Gasteiger partial charge in [0, 0.05) is 31.0 Å². The first-order valence-corrected chi connectivity index (χ1v) is 4.75. The summed E-state index contributed by atoms with van der Waals surface area (Å²) in [5.74, 6) is 0.184. The van der Waals surface area contributed by atoms with Crippen LogP contribution in [0.1, 0.15) is 6.92 Å². The van der Waals surface area contributed by atoms with Crippen molar-refractivity contribution in [2.24, 2.45) is 0 Å². The Bertz CT molecular complexity index is 317. The predicted octanol–water partition coefficient (Wildman–Crippen LogP) is 2.28. The van der Waals surface area contributed by atoms with Crippen LogP contribution >= 0.6 is 0 Å². The highest BCUT2D eigenvalue weighted by Crippen LogP contribution is 2.20. The molecule has 1 N–H and O–H groups in total. The van der Waals surface area contributed by atoms with Gasteiger partial charge in [0.25, 0.3) is 0 Å². The minimum atomic E-state index is -0.318. The Labute approximate surface area is 89.2 Å². The van der Waals surface area contributed by atoms with Crippen LogP contribution in [0.25, 0.3) is 0 Å². The number of hydrogen-bond acceptors (Lipinski definition) is 3. The molecule has 0 heterocycles. The van der Waals surface area contributed by atoms with Gasteiger partial charge in [0.15, 0.2) is 0 Å². The molecule has 15 heavy (non-hydrogen) atoms. The molecule has 4 heteroatoms. The molecule has 0 fully saturated rings. The van der Waals surface area contributed by atoms with Crippen LogP contribution in [-0.2, 0) is 4.74 Å². The van der Waals surface area contributed by atoms with Crippen LogP contribution in [0.4, 0.5) is 10.1 Å². The van der Waals surface area contributed by atoms with Gasteiger partial charge in [-0.15, -0.1) is 0 Å². The fraction of sp³-hybridized carbons (Fsp3) is 0.455. The molecule has 1 atom stereocenters. The largest absolute Gasteiger partial charge is 0.497 e. The maximum atomic E-state index is 13.1. The number of benzene rings is 1. The first-order valence-electron chi connectivity index (χ1n) is 4.75. The maximum Gasteiger partial charge on any atom is 0.128 e. The third kappa shape index (κ3) is 3.75. The van der Waals surface area contributed by atoms with Crippen molar-refractivity contribution in [3.05, 3.63) is 24.0 Å². The molecule has 0 aromatic heterocycles. The lowest BCUT2D eigenvalue weighted by molar-refractivity contribution is 0.190. The molecule has 0 aliphatic rings. The van der Waals surface area contributed by atoms with Gasteiger partial charge in [0.05, 0.1) is 13.7 Å². The number of hydrogen-bond donors (Lipinski definition) is 1. The van der Waals surface area contributed by atoms with Gasteiger partial charge in [-0.25, -0.2) is 4.39 Å². The van der Waals surface area contributed by atoms with E-state index >= 15 is 0 Å². The van der Waals surface area contributed by atoms with E-state index in [4.69, 9.17) is 9.47 Å². The van der Waals surface area contributed by atoms with Crippen molar-refractivity contribution in [1.29, 1.82) is 0 Å². The van der Waals surface area contributed by atoms with E-state index in [0.717, 1.165) is 0 Å². The van der Waals surface area contributed by atoms with Crippen molar-refractivity contribution in [3.63, 3.8) is 0 Å². The molecule has 0 aliphatic carbocycles. The molecule has 3 nitrogen and oxygen atoms in total. The van der Waals surface area contributed by atoms with E-state index in [1.807, 2.05) is 6.92 Å². The number of halogens is 1. The lowest BCUT2D eigenvalue weighted by atomic mass is 10.2. The van der Waals surface area contributed by atoms with Gasteiger partial charge in [-0.05, 0) is 13.0 Å². The van der Waals surface area contributed by atoms with Gasteiger partial charge in [-0.3, -0.25) is 0 Å². The zero-order chi connectivity index (χ0) is 11.3. The smallest absolute Gasteiger partial charge is 0.128 e. The summed E-state index contributed by atoms with van der Waals surface area (Å²) in [6, 6.07) is 4.64. The van der Waals surface area contributed by atoms with Gasteiger partial charge in [-0.2, -0.15) is 0 Å². The van der Waals surface area contributed by atoms with E-state index in [2.05, 4.69) is 5.32 Å². The van der Waals surface area contributed by atoms with Crippen LogP contribution in [0.15, 0.2) is 18.2 Å². The van der Waals surface area contributed by atoms with Crippen LogP contribution in [0, 0.1) is 5.82 Å². The summed E-state index contributed by atoms with van der Waals surface area (Å²) in [7, 11) is 3.14. The van der Waals surface area contributed by atoms with E-state index in [1.165, 1.54) is 19.2 Å². The molecular weight excluding hydrogens is 197 g/mol. The van der Waals surface area contributed by atoms with Crippen LogP contribution in [0.2, 0.25) is 0 Å². The van der Waals surface area contributed by atoms with E-state index in [9.17, 15) is 4.39 Å². The lowest BCUT2D eigenvalue weighted by Gasteiger charge is -2.14. The number of nitrogens with one attached hydrogen (secondary N) is 1. The summed E-state index contributed by atoms with van der Waals surface area (Å²) in [5, 5.41) is 3.11. The minimum Gasteiger partial charge on any atom is -0.497 e. The average molecular weight is 213 g/mol. The fourth-order valence-electron chi connectivity index (χ4n) is 1.34. The van der Waals surface area contributed by atoms with Crippen molar-refractivity contribution in [2.45, 2.75) is 13.0 Å². The minimum absolute atomic E-state index is 0.126. The molecule has 1 aromatic carbocycles. The third-order valence-electron chi connectivity index (χ3n) is 1.94. The molecule has 1 unspecified atom stereocenters. The first kappa shape index (κ1) is 11.8. The standard InChI is InChI=1S/C11H16FNO2/c1-8(7-14-2)13-10-4-9(12)5-11(6-10)15-3/h4-6,8,13H,7H2,1-3H3. The van der Waals surface area contributed by atoms with Crippen molar-refractivity contribution in [3.8, 4) is 5.75 Å². The van der Waals surface area contributed by atoms with Crippen LogP contribution in [0.5, 0.6) is 5.75 Å². The molecule has 0 aliphatic heterocycles. The Kier molecular flexibility index (Phi) is 4.37. The average Bonchev–Trinajstić information content (AvgIpc) is 2.17. The van der Waals surface area contributed by atoms with Gasteiger partial charge in [0.1, 0.15) is 11.6 Å². The maximum absolute atomic E-state index is 13.1. The summed E-state index contributed by atoms with van der Waals surface area (Å²) in [6.07, 6.45) is 0. The van der Waals surface area contributed by atoms with E-state index in [-0.39, 0.29) is 11.9 Å². The number of anilines is 1. The summed E-state index contributed by atoms with van der Waals surface area (Å²) in [5.41, 5.74) is 0.691. The van der Waals surface area contributed by atoms with Crippen molar-refractivity contribution in [1.82, 2.24) is 0 Å². The fourth-order valence-corrected chi connectivity index (χ4v) is 1.34. The topological polar surface area (TPSA) is 30.5 Å². The Morgan fingerprint density at radius 1 is 1.33 bits per heavy atom. The molecule has 0 bridgehead atoms. The molecule has 0 radical (unpaired) electrons. The van der Waals surface area contributed by atoms with E-state index in [0.29, 0.717) is 18.0 Å². The molecule has 1 rings (SSSR count). The number of rotatable bonds is 5. The molecule has 1 aromatic rings. The van der Waals surface area contributed by atoms with Crippen molar-refractivity contribution in [2.75, 3.05) is 26.1 Å². The van der Waals surface area contributed by atoms with Gasteiger partial charge < -0.3 is 14.8 Å². The molecule has 0 spiro atoms. The van der Waals surface area contributed by atoms with Crippen molar-refractivity contribution >= 4 is 5.69 Å². The van der Waals surface area contributed by atoms with Crippen LogP contribution in [-0.4, -0.2) is 26.9 Å². The molecule has 0 saturated carbocycles. The number of methoxy groups -OCH3 is 2. The summed E-state index contributed by atoms with van der Waals surface area (Å²) < 4.78 is 23.0. The molecule has 84 valence electrons. The normalized spacial score (nSPS) is 12.3. The van der Waals surface area contributed by atoms with Crippen LogP contribution < -0.4 is 10.1 Å². The monoisotopic (exact) mass is 213 g/mol. The molecule has 0 amide bonds. The highest BCUT2D eigenvalue weighted by atomic mass is 19.1. The Hall–Kier alpha value is -1.29. The second kappa shape index (κ2) is 5.56. The summed E-state index contributed by atoms with van der Waals surface area (Å²) in [6.45, 7) is 2.53. The summed E-state index contributed by atoms with van der Waals surface area (Å²) >= 11 is 0. The molecule has 0 saturated heterocycles. The predicted molar refractivity (Wildman–Crippen MR) is 57.9 cm³/mol. The first-order chi connectivity index (χ1) is 7.15. The SMILES string of the molecule is COCC(C)Nc1cc(F)cc(OC)c1. The molecular formula is C11H16FNO2. The van der Waals surface area contributed by atoms with Gasteiger partial charge in [-0.1, -0.05) is 0 Å². The van der Waals surface area contributed by atoms with E-state index < -0.39 is 0 Å². The Morgan fingerprint density at radius 3 is 2.67 bits per heavy atom. The second-order valence-electron chi connectivity index (χ2n) is 3.38. The zero-order valence-electron chi connectivity index (χ0n) is 9.21. The third-order valence-corrected chi connectivity index (χ3v) is 1.94. The quantitative estimate of drug-likeness (QED) is 0.814. The highest BCUT2D eigenvalue weighted by Gasteiger charge is 2.04. The van der Waals surface area contributed by atoms with Crippen LogP contribution in [0.3, 0.4) is 0 Å². The second-order valence-corrected chi connectivity index (χ2v) is 3.38. The Morgan fingerprint density at radius 2 is 2.07 bits per heavy atom. The van der Waals surface area contributed by atoms with Gasteiger partial charge in [0.2, 0.25) is 0 Å². The summed E-state index contributed by atoms with van der Waals surface area (Å²) in [4.78, 5) is 0. The lowest BCUT2D eigenvalue weighted by Crippen LogP contribution is -2.20. The highest BCUT2D eigenvalue weighted by molar-refractivity contribution is 5.49. The zero-order valence-corrected chi connectivity index (χ0v) is 9.21. The van der Waals surface area contributed by atoms with Gasteiger partial charge >= 0.3 is 0 Å².